The zero-order valence-electron chi connectivity index (χ0n) is 6.74. The van der Waals surface area contributed by atoms with E-state index in [9.17, 15) is 8.42 Å². The minimum absolute atomic E-state index is 0.275. The molecule has 0 aromatic heterocycles. The number of nitrogens with one attached hydrogen (secondary N) is 1. The zero-order chi connectivity index (χ0) is 8.91. The molecular formula is C5H14N2O3S. The topological polar surface area (TPSA) is 69.6 Å². The lowest BCUT2D eigenvalue weighted by atomic mass is 10.4. The first-order valence-corrected chi connectivity index (χ1v) is 4.72. The lowest BCUT2D eigenvalue weighted by Crippen LogP contribution is -2.26. The molecule has 0 bridgehead atoms. The Labute approximate surface area is 67.3 Å². The molecule has 0 aliphatic rings. The van der Waals surface area contributed by atoms with Gasteiger partial charge in [0.15, 0.2) is 0 Å². The Hall–Kier alpha value is -0.170. The fourth-order valence-corrected chi connectivity index (χ4v) is 0.999. The van der Waals surface area contributed by atoms with Crippen molar-refractivity contribution in [1.29, 1.82) is 0 Å². The Balaban J connectivity index is 3.30. The molecule has 0 aromatic rings. The third-order valence-corrected chi connectivity index (χ3v) is 1.64. The second-order valence-corrected chi connectivity index (χ2v) is 3.77. The SMILES string of the molecule is CN(C)CCCNS(=O)(=O)O. The van der Waals surface area contributed by atoms with E-state index in [2.05, 4.69) is 0 Å². The average Bonchev–Trinajstić information content (AvgIpc) is 1.78. The molecule has 0 radical (unpaired) electrons. The van der Waals surface area contributed by atoms with Gasteiger partial charge in [0.05, 0.1) is 0 Å². The molecule has 0 amide bonds. The molecule has 6 heteroatoms. The smallest absolute Gasteiger partial charge is 0.309 e. The van der Waals surface area contributed by atoms with Crippen LogP contribution in [-0.2, 0) is 10.3 Å². The number of rotatable bonds is 5. The molecule has 0 rings (SSSR count). The summed E-state index contributed by atoms with van der Waals surface area (Å²) in [6.45, 7) is 1.07. The van der Waals surface area contributed by atoms with Gasteiger partial charge in [-0.15, -0.1) is 0 Å². The zero-order valence-corrected chi connectivity index (χ0v) is 7.56. The van der Waals surface area contributed by atoms with Crippen molar-refractivity contribution < 1.29 is 13.0 Å². The Bertz CT molecular complexity index is 188. The van der Waals surface area contributed by atoms with Gasteiger partial charge < -0.3 is 4.90 Å². The highest BCUT2D eigenvalue weighted by molar-refractivity contribution is 7.83. The summed E-state index contributed by atoms with van der Waals surface area (Å²) >= 11 is 0. The molecular weight excluding hydrogens is 168 g/mol. The molecule has 0 heterocycles. The fraction of sp³-hybridized carbons (Fsp3) is 1.00. The molecule has 0 saturated carbocycles. The van der Waals surface area contributed by atoms with E-state index >= 15 is 0 Å². The predicted octanol–water partition coefficient (Wildman–Crippen LogP) is -0.669. The molecule has 0 fully saturated rings. The molecule has 5 nitrogen and oxygen atoms in total. The van der Waals surface area contributed by atoms with Crippen LogP contribution in [0.15, 0.2) is 0 Å². The Morgan fingerprint density at radius 3 is 2.36 bits per heavy atom. The van der Waals surface area contributed by atoms with Crippen LogP contribution >= 0.6 is 0 Å². The molecule has 0 saturated heterocycles. The van der Waals surface area contributed by atoms with E-state index in [-0.39, 0.29) is 6.54 Å². The van der Waals surface area contributed by atoms with Gasteiger partial charge in [0.25, 0.3) is 0 Å². The Morgan fingerprint density at radius 2 is 2.00 bits per heavy atom. The first-order chi connectivity index (χ1) is 4.92. The summed E-state index contributed by atoms with van der Waals surface area (Å²) < 4.78 is 30.4. The van der Waals surface area contributed by atoms with Crippen molar-refractivity contribution in [2.24, 2.45) is 0 Å². The van der Waals surface area contributed by atoms with Gasteiger partial charge in [-0.25, -0.2) is 0 Å². The van der Waals surface area contributed by atoms with Crippen molar-refractivity contribution in [2.75, 3.05) is 27.2 Å². The Morgan fingerprint density at radius 1 is 1.45 bits per heavy atom. The van der Waals surface area contributed by atoms with Crippen LogP contribution in [0.2, 0.25) is 0 Å². The number of nitrogens with zero attached hydrogens (tertiary/aromatic N) is 1. The van der Waals surface area contributed by atoms with Crippen LogP contribution in [0.5, 0.6) is 0 Å². The van der Waals surface area contributed by atoms with Crippen LogP contribution in [-0.4, -0.2) is 45.1 Å². The molecule has 0 unspecified atom stereocenters. The predicted molar refractivity (Wildman–Crippen MR) is 42.7 cm³/mol. The molecule has 11 heavy (non-hydrogen) atoms. The van der Waals surface area contributed by atoms with Gasteiger partial charge in [-0.2, -0.15) is 13.1 Å². The van der Waals surface area contributed by atoms with Gasteiger partial charge >= 0.3 is 10.3 Å². The summed E-state index contributed by atoms with van der Waals surface area (Å²) in [4.78, 5) is 1.94. The quantitative estimate of drug-likeness (QED) is 0.437. The van der Waals surface area contributed by atoms with Crippen molar-refractivity contribution in [3.8, 4) is 0 Å². The van der Waals surface area contributed by atoms with E-state index in [1.807, 2.05) is 23.7 Å². The number of hydrogen-bond acceptors (Lipinski definition) is 3. The van der Waals surface area contributed by atoms with Crippen LogP contribution in [0.25, 0.3) is 0 Å². The normalized spacial score (nSPS) is 12.4. The average molecular weight is 182 g/mol. The van der Waals surface area contributed by atoms with Crippen LogP contribution in [0, 0.1) is 0 Å². The standard InChI is InChI=1S/C5H14N2O3S/c1-7(2)5-3-4-6-11(8,9)10/h6H,3-5H2,1-2H3,(H,8,9,10). The van der Waals surface area contributed by atoms with Crippen molar-refractivity contribution in [1.82, 2.24) is 9.62 Å². The second kappa shape index (κ2) is 4.66. The second-order valence-electron chi connectivity index (χ2n) is 2.53. The maximum Gasteiger partial charge on any atom is 0.333 e. The molecule has 2 N–H and O–H groups in total. The van der Waals surface area contributed by atoms with Crippen molar-refractivity contribution in [3.05, 3.63) is 0 Å². The van der Waals surface area contributed by atoms with Crippen LogP contribution < -0.4 is 4.72 Å². The van der Waals surface area contributed by atoms with Gasteiger partial charge in [0, 0.05) is 6.54 Å². The molecule has 0 aromatic carbocycles. The summed E-state index contributed by atoms with van der Waals surface area (Å²) in [6.07, 6.45) is 0.687. The van der Waals surface area contributed by atoms with E-state index in [1.54, 1.807) is 0 Å². The van der Waals surface area contributed by atoms with Crippen molar-refractivity contribution >= 4 is 10.3 Å². The summed E-state index contributed by atoms with van der Waals surface area (Å²) in [5, 5.41) is 0. The molecule has 0 spiro atoms. The van der Waals surface area contributed by atoms with Gasteiger partial charge in [-0.05, 0) is 27.1 Å². The van der Waals surface area contributed by atoms with Crippen LogP contribution in [0.4, 0.5) is 0 Å². The summed E-state index contributed by atoms with van der Waals surface area (Å²) in [6, 6.07) is 0. The largest absolute Gasteiger partial charge is 0.333 e. The Kier molecular flexibility index (Phi) is 4.58. The third-order valence-electron chi connectivity index (χ3n) is 1.07. The first-order valence-electron chi connectivity index (χ1n) is 3.28. The molecule has 0 aliphatic heterocycles. The van der Waals surface area contributed by atoms with Gasteiger partial charge in [0.1, 0.15) is 0 Å². The molecule has 0 atom stereocenters. The fourth-order valence-electron chi connectivity index (χ4n) is 0.596. The monoisotopic (exact) mass is 182 g/mol. The van der Waals surface area contributed by atoms with Crippen LogP contribution in [0.3, 0.4) is 0 Å². The van der Waals surface area contributed by atoms with Crippen molar-refractivity contribution in [3.63, 3.8) is 0 Å². The summed E-state index contributed by atoms with van der Waals surface area (Å²) in [7, 11) is -0.198. The van der Waals surface area contributed by atoms with E-state index in [1.165, 1.54) is 0 Å². The van der Waals surface area contributed by atoms with Gasteiger partial charge in [-0.3, -0.25) is 4.55 Å². The van der Waals surface area contributed by atoms with E-state index < -0.39 is 10.3 Å². The highest BCUT2D eigenvalue weighted by Gasteiger charge is 2.00. The maximum atomic E-state index is 10.1. The highest BCUT2D eigenvalue weighted by Crippen LogP contribution is 1.82. The third kappa shape index (κ3) is 9.83. The van der Waals surface area contributed by atoms with Crippen molar-refractivity contribution in [2.45, 2.75) is 6.42 Å². The lowest BCUT2D eigenvalue weighted by molar-refractivity contribution is 0.396. The van der Waals surface area contributed by atoms with E-state index in [0.717, 1.165) is 6.54 Å². The minimum Gasteiger partial charge on any atom is -0.309 e. The van der Waals surface area contributed by atoms with Crippen LogP contribution in [0.1, 0.15) is 6.42 Å². The molecule has 0 aliphatic carbocycles. The number of hydrogen-bond donors (Lipinski definition) is 2. The lowest BCUT2D eigenvalue weighted by Gasteiger charge is -2.08. The summed E-state index contributed by atoms with van der Waals surface area (Å²) in [5.74, 6) is 0. The first kappa shape index (κ1) is 10.8. The minimum atomic E-state index is -3.99. The highest BCUT2D eigenvalue weighted by atomic mass is 32.2. The summed E-state index contributed by atoms with van der Waals surface area (Å²) in [5.41, 5.74) is 0. The van der Waals surface area contributed by atoms with E-state index in [4.69, 9.17) is 4.55 Å². The van der Waals surface area contributed by atoms with Gasteiger partial charge in [0.2, 0.25) is 0 Å². The molecule has 68 valence electrons. The van der Waals surface area contributed by atoms with Gasteiger partial charge in [-0.1, -0.05) is 0 Å². The maximum absolute atomic E-state index is 10.1. The van der Waals surface area contributed by atoms with E-state index in [0.29, 0.717) is 6.42 Å².